The summed E-state index contributed by atoms with van der Waals surface area (Å²) < 4.78 is 1.37. The summed E-state index contributed by atoms with van der Waals surface area (Å²) in [4.78, 5) is 19.5. The Balaban J connectivity index is 1.76. The lowest BCUT2D eigenvalue weighted by Crippen LogP contribution is -2.41. The van der Waals surface area contributed by atoms with E-state index < -0.39 is 0 Å². The van der Waals surface area contributed by atoms with Gasteiger partial charge in [0, 0.05) is 17.8 Å². The van der Waals surface area contributed by atoms with Crippen molar-refractivity contribution in [1.82, 2.24) is 9.88 Å². The number of anilines is 2. The third kappa shape index (κ3) is 2.46. The van der Waals surface area contributed by atoms with E-state index in [2.05, 4.69) is 17.8 Å². The predicted molar refractivity (Wildman–Crippen MR) is 83.9 cm³/mol. The van der Waals surface area contributed by atoms with Crippen LogP contribution >= 0.6 is 24.2 Å². The van der Waals surface area contributed by atoms with E-state index in [-0.39, 0.29) is 6.03 Å². The van der Waals surface area contributed by atoms with Crippen LogP contribution in [0.15, 0.2) is 30.3 Å². The SMILES string of the molecule is Nc1nc2c(s1)CN(C(=O)N(S)c1ccccc1)CC2. The molecule has 2 aromatic rings. The number of thiazole rings is 1. The lowest BCUT2D eigenvalue weighted by atomic mass is 10.2. The van der Waals surface area contributed by atoms with Crippen molar-refractivity contribution in [3.8, 4) is 0 Å². The summed E-state index contributed by atoms with van der Waals surface area (Å²) in [6.07, 6.45) is 0.741. The molecule has 1 aromatic heterocycles. The average molecular weight is 306 g/mol. The molecule has 2 amide bonds. The van der Waals surface area contributed by atoms with Gasteiger partial charge in [-0.3, -0.25) is 0 Å². The number of hydrogen-bond acceptors (Lipinski definition) is 5. The molecule has 0 saturated heterocycles. The molecule has 0 fully saturated rings. The van der Waals surface area contributed by atoms with E-state index in [1.54, 1.807) is 4.90 Å². The van der Waals surface area contributed by atoms with Crippen LogP contribution < -0.4 is 10.0 Å². The zero-order chi connectivity index (χ0) is 14.1. The minimum absolute atomic E-state index is 0.128. The number of nitrogens with zero attached hydrogens (tertiary/aromatic N) is 3. The Morgan fingerprint density at radius 3 is 2.90 bits per heavy atom. The number of amides is 2. The zero-order valence-corrected chi connectivity index (χ0v) is 12.4. The van der Waals surface area contributed by atoms with Crippen LogP contribution in [0.5, 0.6) is 0 Å². The van der Waals surface area contributed by atoms with Crippen LogP contribution in [0.25, 0.3) is 0 Å². The first-order chi connectivity index (χ1) is 9.65. The second-order valence-corrected chi connectivity index (χ2v) is 6.04. The molecule has 0 unspecified atom stereocenters. The summed E-state index contributed by atoms with van der Waals surface area (Å²) >= 11 is 5.75. The number of thiol groups is 1. The zero-order valence-electron chi connectivity index (χ0n) is 10.7. The van der Waals surface area contributed by atoms with Crippen molar-refractivity contribution in [1.29, 1.82) is 0 Å². The molecule has 2 heterocycles. The van der Waals surface area contributed by atoms with E-state index in [1.807, 2.05) is 30.3 Å². The van der Waals surface area contributed by atoms with Gasteiger partial charge in [0.15, 0.2) is 5.13 Å². The summed E-state index contributed by atoms with van der Waals surface area (Å²) in [7, 11) is 0. The summed E-state index contributed by atoms with van der Waals surface area (Å²) in [5.41, 5.74) is 7.48. The molecule has 7 heteroatoms. The van der Waals surface area contributed by atoms with Crippen molar-refractivity contribution < 1.29 is 4.79 Å². The molecule has 1 aliphatic rings. The van der Waals surface area contributed by atoms with Gasteiger partial charge in [-0.05, 0) is 12.1 Å². The fraction of sp³-hybridized carbons (Fsp3) is 0.231. The molecule has 0 spiro atoms. The van der Waals surface area contributed by atoms with Crippen molar-refractivity contribution in [2.45, 2.75) is 13.0 Å². The summed E-state index contributed by atoms with van der Waals surface area (Å²) in [6.45, 7) is 1.19. The number of aromatic nitrogens is 1. The molecule has 0 atom stereocenters. The van der Waals surface area contributed by atoms with Crippen LogP contribution in [-0.2, 0) is 13.0 Å². The molecule has 0 bridgehead atoms. The van der Waals surface area contributed by atoms with Crippen LogP contribution in [0.4, 0.5) is 15.6 Å². The highest BCUT2D eigenvalue weighted by molar-refractivity contribution is 7.82. The standard InChI is InChI=1S/C13H14N4OS2/c14-12-15-10-6-7-16(8-11(10)20-12)13(18)17(19)9-4-2-1-3-5-9/h1-5,19H,6-8H2,(H2,14,15). The second kappa shape index (κ2) is 5.34. The third-order valence-electron chi connectivity index (χ3n) is 3.20. The van der Waals surface area contributed by atoms with Gasteiger partial charge in [0.25, 0.3) is 0 Å². The van der Waals surface area contributed by atoms with Gasteiger partial charge in [-0.15, -0.1) is 11.3 Å². The lowest BCUT2D eigenvalue weighted by Gasteiger charge is -2.29. The number of hydrogen-bond donors (Lipinski definition) is 2. The Hall–Kier alpha value is -1.73. The maximum Gasteiger partial charge on any atom is 0.334 e. The average Bonchev–Trinajstić information content (AvgIpc) is 2.85. The molecule has 1 aromatic carbocycles. The van der Waals surface area contributed by atoms with E-state index in [0.717, 1.165) is 22.7 Å². The monoisotopic (exact) mass is 306 g/mol. The van der Waals surface area contributed by atoms with Gasteiger partial charge in [0.05, 0.1) is 17.9 Å². The minimum atomic E-state index is -0.128. The van der Waals surface area contributed by atoms with Gasteiger partial charge in [0.1, 0.15) is 0 Å². The third-order valence-corrected chi connectivity index (χ3v) is 4.51. The van der Waals surface area contributed by atoms with Crippen LogP contribution in [-0.4, -0.2) is 22.5 Å². The lowest BCUT2D eigenvalue weighted by molar-refractivity contribution is 0.204. The molecular weight excluding hydrogens is 292 g/mol. The maximum absolute atomic E-state index is 12.4. The number of carbonyl (C=O) groups is 1. The number of carbonyl (C=O) groups excluding carboxylic acids is 1. The molecule has 5 nitrogen and oxygen atoms in total. The quantitative estimate of drug-likeness (QED) is 0.796. The molecule has 0 radical (unpaired) electrons. The van der Waals surface area contributed by atoms with Gasteiger partial charge < -0.3 is 10.6 Å². The summed E-state index contributed by atoms with van der Waals surface area (Å²) in [5, 5.41) is 0.565. The van der Waals surface area contributed by atoms with E-state index >= 15 is 0 Å². The first kappa shape index (κ1) is 13.3. The first-order valence-electron chi connectivity index (χ1n) is 6.22. The van der Waals surface area contributed by atoms with Gasteiger partial charge in [0.2, 0.25) is 0 Å². The molecule has 0 aliphatic carbocycles. The highest BCUT2D eigenvalue weighted by Gasteiger charge is 2.26. The predicted octanol–water partition coefficient (Wildman–Crippen LogP) is 2.55. The molecule has 3 rings (SSSR count). The van der Waals surface area contributed by atoms with E-state index in [1.165, 1.54) is 15.6 Å². The molecule has 1 aliphatic heterocycles. The van der Waals surface area contributed by atoms with Crippen molar-refractivity contribution in [3.05, 3.63) is 40.9 Å². The summed E-state index contributed by atoms with van der Waals surface area (Å²) in [6, 6.07) is 9.24. The van der Waals surface area contributed by atoms with Crippen LogP contribution in [0.1, 0.15) is 10.6 Å². The highest BCUT2D eigenvalue weighted by atomic mass is 32.1. The minimum Gasteiger partial charge on any atom is -0.375 e. The molecule has 2 N–H and O–H groups in total. The van der Waals surface area contributed by atoms with Crippen molar-refractivity contribution in [3.63, 3.8) is 0 Å². The van der Waals surface area contributed by atoms with Gasteiger partial charge in [-0.1, -0.05) is 31.0 Å². The largest absolute Gasteiger partial charge is 0.375 e. The number of nitrogens with two attached hydrogens (primary N) is 1. The van der Waals surface area contributed by atoms with Crippen LogP contribution in [0.3, 0.4) is 0 Å². The summed E-state index contributed by atoms with van der Waals surface area (Å²) in [5.74, 6) is 0. The fourth-order valence-corrected chi connectivity index (χ4v) is 3.35. The van der Waals surface area contributed by atoms with E-state index in [4.69, 9.17) is 5.73 Å². The second-order valence-electron chi connectivity index (χ2n) is 4.52. The molecular formula is C13H14N4OS2. The van der Waals surface area contributed by atoms with Crippen LogP contribution in [0, 0.1) is 0 Å². The number of nitrogen functional groups attached to an aromatic ring is 1. The number of para-hydroxylation sites is 1. The molecule has 0 saturated carbocycles. The normalized spacial score (nSPS) is 13.9. The smallest absolute Gasteiger partial charge is 0.334 e. The van der Waals surface area contributed by atoms with Crippen molar-refractivity contribution in [2.24, 2.45) is 0 Å². The molecule has 20 heavy (non-hydrogen) atoms. The van der Waals surface area contributed by atoms with Crippen LogP contribution in [0.2, 0.25) is 0 Å². The first-order valence-corrected chi connectivity index (χ1v) is 7.44. The number of fused-ring (bicyclic) bond motifs is 1. The van der Waals surface area contributed by atoms with Gasteiger partial charge >= 0.3 is 6.03 Å². The Labute approximate surface area is 126 Å². The Bertz CT molecular complexity index is 629. The van der Waals surface area contributed by atoms with Gasteiger partial charge in [-0.25, -0.2) is 14.1 Å². The Morgan fingerprint density at radius 1 is 1.40 bits per heavy atom. The number of rotatable bonds is 1. The number of urea groups is 1. The highest BCUT2D eigenvalue weighted by Crippen LogP contribution is 2.28. The topological polar surface area (TPSA) is 62.5 Å². The Morgan fingerprint density at radius 2 is 2.15 bits per heavy atom. The maximum atomic E-state index is 12.4. The number of benzene rings is 1. The van der Waals surface area contributed by atoms with Crippen molar-refractivity contribution in [2.75, 3.05) is 16.6 Å². The van der Waals surface area contributed by atoms with E-state index in [0.29, 0.717) is 18.2 Å². The van der Waals surface area contributed by atoms with Crippen molar-refractivity contribution >= 4 is 41.0 Å². The molecule has 104 valence electrons. The van der Waals surface area contributed by atoms with E-state index in [9.17, 15) is 4.79 Å². The fourth-order valence-electron chi connectivity index (χ4n) is 2.19. The Kier molecular flexibility index (Phi) is 3.54. The van der Waals surface area contributed by atoms with Gasteiger partial charge in [-0.2, -0.15) is 0 Å².